The van der Waals surface area contributed by atoms with E-state index in [4.69, 9.17) is 5.73 Å². The van der Waals surface area contributed by atoms with Gasteiger partial charge < -0.3 is 10.3 Å². The molecule has 2 N–H and O–H groups in total. The van der Waals surface area contributed by atoms with Crippen molar-refractivity contribution in [2.75, 3.05) is 18.8 Å². The summed E-state index contributed by atoms with van der Waals surface area (Å²) in [6.45, 7) is 6.45. The standard InChI is InChI=1S/C14H21N5S/c1-11-16-4-6-19(11)9-12-3-2-5-18(8-12)10-13-7-17-14(15)20-13/h4,6-7,12H,2-3,5,8-10H2,1H3,(H2,15,17). The molecular weight excluding hydrogens is 270 g/mol. The lowest BCUT2D eigenvalue weighted by molar-refractivity contribution is 0.156. The first-order valence-electron chi connectivity index (χ1n) is 7.11. The van der Waals surface area contributed by atoms with E-state index in [1.807, 2.05) is 12.4 Å². The molecule has 0 spiro atoms. The fraction of sp³-hybridized carbons (Fsp3) is 0.571. The summed E-state index contributed by atoms with van der Waals surface area (Å²) >= 11 is 1.60. The second-order valence-corrected chi connectivity index (χ2v) is 6.68. The zero-order valence-electron chi connectivity index (χ0n) is 11.8. The Balaban J connectivity index is 1.57. The summed E-state index contributed by atoms with van der Waals surface area (Å²) < 4.78 is 2.26. The largest absolute Gasteiger partial charge is 0.375 e. The van der Waals surface area contributed by atoms with Gasteiger partial charge in [-0.15, -0.1) is 11.3 Å². The van der Waals surface area contributed by atoms with Crippen LogP contribution in [0.1, 0.15) is 23.5 Å². The summed E-state index contributed by atoms with van der Waals surface area (Å²) in [4.78, 5) is 12.2. The van der Waals surface area contributed by atoms with Crippen molar-refractivity contribution < 1.29 is 0 Å². The molecule has 0 bridgehead atoms. The first-order chi connectivity index (χ1) is 9.70. The van der Waals surface area contributed by atoms with Crippen LogP contribution in [0.15, 0.2) is 18.6 Å². The molecule has 3 heterocycles. The normalized spacial score (nSPS) is 20.4. The number of likely N-dealkylation sites (tertiary alicyclic amines) is 1. The summed E-state index contributed by atoms with van der Waals surface area (Å²) in [6, 6.07) is 0. The highest BCUT2D eigenvalue weighted by molar-refractivity contribution is 7.15. The van der Waals surface area contributed by atoms with Crippen LogP contribution in [0.2, 0.25) is 0 Å². The number of rotatable bonds is 4. The van der Waals surface area contributed by atoms with E-state index in [0.29, 0.717) is 11.0 Å². The number of nitrogens with zero attached hydrogens (tertiary/aromatic N) is 4. The second kappa shape index (κ2) is 5.93. The number of aryl methyl sites for hydroxylation is 1. The first-order valence-corrected chi connectivity index (χ1v) is 7.92. The van der Waals surface area contributed by atoms with Gasteiger partial charge in [-0.1, -0.05) is 0 Å². The third kappa shape index (κ3) is 3.19. The molecule has 1 aliphatic rings. The summed E-state index contributed by atoms with van der Waals surface area (Å²) in [5.74, 6) is 1.82. The summed E-state index contributed by atoms with van der Waals surface area (Å²) in [5, 5.41) is 0.669. The van der Waals surface area contributed by atoms with E-state index in [-0.39, 0.29) is 0 Å². The number of piperidine rings is 1. The lowest BCUT2D eigenvalue weighted by Crippen LogP contribution is -2.36. The smallest absolute Gasteiger partial charge is 0.180 e. The van der Waals surface area contributed by atoms with Gasteiger partial charge in [-0.25, -0.2) is 9.97 Å². The minimum Gasteiger partial charge on any atom is -0.375 e. The van der Waals surface area contributed by atoms with Crippen molar-refractivity contribution in [2.45, 2.75) is 32.9 Å². The fourth-order valence-electron chi connectivity index (χ4n) is 2.93. The number of imidazole rings is 1. The monoisotopic (exact) mass is 291 g/mol. The lowest BCUT2D eigenvalue weighted by atomic mass is 9.98. The second-order valence-electron chi connectivity index (χ2n) is 5.53. The minimum absolute atomic E-state index is 0.669. The number of thiazole rings is 1. The fourth-order valence-corrected chi connectivity index (χ4v) is 3.66. The van der Waals surface area contributed by atoms with E-state index in [0.717, 1.165) is 25.5 Å². The molecule has 0 aliphatic carbocycles. The van der Waals surface area contributed by atoms with Crippen molar-refractivity contribution in [1.29, 1.82) is 0 Å². The number of hydrogen-bond donors (Lipinski definition) is 1. The SMILES string of the molecule is Cc1nccn1CC1CCCN(Cc2cnc(N)s2)C1. The number of hydrogen-bond acceptors (Lipinski definition) is 5. The van der Waals surface area contributed by atoms with Crippen LogP contribution in [0.5, 0.6) is 0 Å². The molecule has 108 valence electrons. The highest BCUT2D eigenvalue weighted by atomic mass is 32.1. The molecule has 1 saturated heterocycles. The van der Waals surface area contributed by atoms with Crippen LogP contribution in [-0.2, 0) is 13.1 Å². The molecule has 0 amide bonds. The van der Waals surface area contributed by atoms with Gasteiger partial charge in [0.15, 0.2) is 5.13 Å². The average Bonchev–Trinajstić information content (AvgIpc) is 3.00. The van der Waals surface area contributed by atoms with Crippen molar-refractivity contribution in [3.63, 3.8) is 0 Å². The van der Waals surface area contributed by atoms with Crippen LogP contribution < -0.4 is 5.73 Å². The maximum absolute atomic E-state index is 5.70. The maximum atomic E-state index is 5.70. The Morgan fingerprint density at radius 3 is 3.05 bits per heavy atom. The highest BCUT2D eigenvalue weighted by Crippen LogP contribution is 2.23. The molecule has 0 radical (unpaired) electrons. The number of anilines is 1. The molecule has 5 nitrogen and oxygen atoms in total. The Labute approximate surface area is 123 Å². The number of nitrogens with two attached hydrogens (primary N) is 1. The topological polar surface area (TPSA) is 60.0 Å². The zero-order chi connectivity index (χ0) is 13.9. The van der Waals surface area contributed by atoms with Crippen LogP contribution >= 0.6 is 11.3 Å². The van der Waals surface area contributed by atoms with Gasteiger partial charge in [0.2, 0.25) is 0 Å². The van der Waals surface area contributed by atoms with Crippen LogP contribution in [0, 0.1) is 12.8 Å². The number of aromatic nitrogens is 3. The van der Waals surface area contributed by atoms with Crippen LogP contribution in [0.25, 0.3) is 0 Å². The Morgan fingerprint density at radius 2 is 2.35 bits per heavy atom. The molecule has 1 unspecified atom stereocenters. The number of nitrogen functional groups attached to an aromatic ring is 1. The first kappa shape index (κ1) is 13.6. The molecule has 0 saturated carbocycles. The molecule has 2 aromatic heterocycles. The van der Waals surface area contributed by atoms with Crippen LogP contribution in [0.4, 0.5) is 5.13 Å². The van der Waals surface area contributed by atoms with Gasteiger partial charge in [0.25, 0.3) is 0 Å². The molecular formula is C14H21N5S. The molecule has 6 heteroatoms. The van der Waals surface area contributed by atoms with Crippen LogP contribution in [-0.4, -0.2) is 32.5 Å². The van der Waals surface area contributed by atoms with Gasteiger partial charge in [-0.3, -0.25) is 4.90 Å². The predicted molar refractivity (Wildman–Crippen MR) is 81.5 cm³/mol. The van der Waals surface area contributed by atoms with Gasteiger partial charge >= 0.3 is 0 Å². The summed E-state index contributed by atoms with van der Waals surface area (Å²) in [7, 11) is 0. The van der Waals surface area contributed by atoms with Gasteiger partial charge in [0.1, 0.15) is 5.82 Å². The molecule has 20 heavy (non-hydrogen) atoms. The summed E-state index contributed by atoms with van der Waals surface area (Å²) in [6.07, 6.45) is 8.45. The van der Waals surface area contributed by atoms with E-state index in [9.17, 15) is 0 Å². The molecule has 0 aromatic carbocycles. The van der Waals surface area contributed by atoms with E-state index >= 15 is 0 Å². The van der Waals surface area contributed by atoms with E-state index in [2.05, 4.69) is 32.6 Å². The van der Waals surface area contributed by atoms with Crippen molar-refractivity contribution >= 4 is 16.5 Å². The van der Waals surface area contributed by atoms with Crippen molar-refractivity contribution in [2.24, 2.45) is 5.92 Å². The maximum Gasteiger partial charge on any atom is 0.180 e. The minimum atomic E-state index is 0.669. The Hall–Kier alpha value is -1.40. The average molecular weight is 291 g/mol. The van der Waals surface area contributed by atoms with Gasteiger partial charge in [0.05, 0.1) is 0 Å². The van der Waals surface area contributed by atoms with E-state index in [1.165, 1.54) is 24.3 Å². The van der Waals surface area contributed by atoms with Gasteiger partial charge in [0, 0.05) is 43.1 Å². The third-order valence-electron chi connectivity index (χ3n) is 3.93. The van der Waals surface area contributed by atoms with Crippen molar-refractivity contribution in [1.82, 2.24) is 19.4 Å². The lowest BCUT2D eigenvalue weighted by Gasteiger charge is -2.32. The van der Waals surface area contributed by atoms with Crippen molar-refractivity contribution in [3.05, 3.63) is 29.3 Å². The van der Waals surface area contributed by atoms with Crippen molar-refractivity contribution in [3.8, 4) is 0 Å². The quantitative estimate of drug-likeness (QED) is 0.937. The third-order valence-corrected chi connectivity index (χ3v) is 4.74. The molecule has 2 aromatic rings. The predicted octanol–water partition coefficient (Wildman–Crippen LogP) is 2.14. The van der Waals surface area contributed by atoms with E-state index < -0.39 is 0 Å². The Bertz CT molecular complexity index is 561. The van der Waals surface area contributed by atoms with E-state index in [1.54, 1.807) is 11.3 Å². The summed E-state index contributed by atoms with van der Waals surface area (Å²) in [5.41, 5.74) is 5.70. The zero-order valence-corrected chi connectivity index (χ0v) is 12.6. The Morgan fingerprint density at radius 1 is 1.45 bits per heavy atom. The molecule has 1 fully saturated rings. The molecule has 1 atom stereocenters. The molecule has 1 aliphatic heterocycles. The Kier molecular flexibility index (Phi) is 4.03. The van der Waals surface area contributed by atoms with Gasteiger partial charge in [-0.05, 0) is 32.2 Å². The van der Waals surface area contributed by atoms with Crippen LogP contribution in [0.3, 0.4) is 0 Å². The molecule has 3 rings (SSSR count). The highest BCUT2D eigenvalue weighted by Gasteiger charge is 2.21. The van der Waals surface area contributed by atoms with Gasteiger partial charge in [-0.2, -0.15) is 0 Å².